The van der Waals surface area contributed by atoms with Gasteiger partial charge in [0, 0.05) is 23.9 Å². The van der Waals surface area contributed by atoms with Crippen molar-refractivity contribution in [3.05, 3.63) is 90.3 Å². The van der Waals surface area contributed by atoms with Crippen LogP contribution in [-0.2, 0) is 11.3 Å². The number of imidazole rings is 1. The van der Waals surface area contributed by atoms with Crippen LogP contribution in [0.3, 0.4) is 0 Å². The second kappa shape index (κ2) is 9.77. The molecule has 0 amide bonds. The predicted octanol–water partition coefficient (Wildman–Crippen LogP) is 5.20. The first kappa shape index (κ1) is 22.4. The van der Waals surface area contributed by atoms with Gasteiger partial charge in [-0.1, -0.05) is 37.8 Å². The number of benzene rings is 1. The van der Waals surface area contributed by atoms with E-state index in [4.69, 9.17) is 14.7 Å². The summed E-state index contributed by atoms with van der Waals surface area (Å²) >= 11 is 0. The van der Waals surface area contributed by atoms with E-state index in [0.29, 0.717) is 30.4 Å². The van der Waals surface area contributed by atoms with Crippen molar-refractivity contribution in [2.24, 2.45) is 4.99 Å². The molecule has 1 aliphatic rings. The quantitative estimate of drug-likeness (QED) is 0.217. The van der Waals surface area contributed by atoms with E-state index in [1.165, 1.54) is 12.1 Å². The lowest BCUT2D eigenvalue weighted by Gasteiger charge is -2.13. The molecule has 0 saturated carbocycles. The van der Waals surface area contributed by atoms with Gasteiger partial charge in [-0.15, -0.1) is 5.10 Å². The third-order valence-electron chi connectivity index (χ3n) is 5.52. The van der Waals surface area contributed by atoms with E-state index in [1.54, 1.807) is 25.6 Å². The van der Waals surface area contributed by atoms with Crippen molar-refractivity contribution in [2.75, 3.05) is 7.11 Å². The molecule has 1 unspecified atom stereocenters. The molecule has 0 spiro atoms. The zero-order valence-electron chi connectivity index (χ0n) is 19.1. The van der Waals surface area contributed by atoms with Crippen LogP contribution in [0.4, 0.5) is 10.3 Å². The van der Waals surface area contributed by atoms with Gasteiger partial charge in [0.15, 0.2) is 0 Å². The number of aliphatic imine (C=N–C) groups is 1. The summed E-state index contributed by atoms with van der Waals surface area (Å²) in [6.07, 6.45) is 11.0. The third-order valence-corrected chi connectivity index (χ3v) is 5.52. The van der Waals surface area contributed by atoms with Crippen molar-refractivity contribution in [2.45, 2.75) is 39.2 Å². The molecule has 8 heteroatoms. The Hall–Kier alpha value is -3.81. The molecule has 1 aromatic carbocycles. The number of aromatic nitrogens is 5. The molecule has 0 N–H and O–H groups in total. The maximum atomic E-state index is 13.4. The summed E-state index contributed by atoms with van der Waals surface area (Å²) in [5.74, 6) is 1.52. The highest BCUT2D eigenvalue weighted by Gasteiger charge is 2.23. The summed E-state index contributed by atoms with van der Waals surface area (Å²) in [6.45, 7) is 8.67. The minimum absolute atomic E-state index is 0.0137. The van der Waals surface area contributed by atoms with Crippen LogP contribution in [0, 0.1) is 12.7 Å². The van der Waals surface area contributed by atoms with Crippen molar-refractivity contribution < 1.29 is 9.13 Å². The van der Waals surface area contributed by atoms with Gasteiger partial charge >= 0.3 is 0 Å². The SMILES string of the molecule is C=C(/C(=C\C(CC)=Nc1nc2n(n1)CC=CCC2c1ccc(F)cc1)OC)n1cnc(C)c1. The zero-order valence-corrected chi connectivity index (χ0v) is 19.1. The van der Waals surface area contributed by atoms with Gasteiger partial charge in [-0.05, 0) is 37.5 Å². The number of fused-ring (bicyclic) bond motifs is 1. The van der Waals surface area contributed by atoms with E-state index < -0.39 is 0 Å². The molecule has 0 bridgehead atoms. The number of ether oxygens (including phenoxy) is 1. The molecule has 7 nitrogen and oxygen atoms in total. The van der Waals surface area contributed by atoms with Gasteiger partial charge in [0.05, 0.1) is 31.4 Å². The Kier molecular flexibility index (Phi) is 6.63. The molecular formula is C25H27FN6O. The normalized spacial score (nSPS) is 16.4. The maximum absolute atomic E-state index is 13.4. The van der Waals surface area contributed by atoms with Crippen LogP contribution < -0.4 is 0 Å². The number of hydrogen-bond donors (Lipinski definition) is 0. The summed E-state index contributed by atoms with van der Waals surface area (Å²) in [6, 6.07) is 6.56. The van der Waals surface area contributed by atoms with Crippen molar-refractivity contribution in [1.82, 2.24) is 24.3 Å². The van der Waals surface area contributed by atoms with Crippen molar-refractivity contribution >= 4 is 17.4 Å². The summed E-state index contributed by atoms with van der Waals surface area (Å²) in [5.41, 5.74) is 3.31. The van der Waals surface area contributed by atoms with Gasteiger partial charge in [-0.25, -0.2) is 19.0 Å². The van der Waals surface area contributed by atoms with E-state index in [2.05, 4.69) is 28.8 Å². The molecule has 1 atom stereocenters. The topological polar surface area (TPSA) is 70.1 Å². The monoisotopic (exact) mass is 446 g/mol. The largest absolute Gasteiger partial charge is 0.495 e. The van der Waals surface area contributed by atoms with E-state index in [9.17, 15) is 4.39 Å². The standard InChI is InChI=1S/C25H27FN6O/c1-5-21(14-23(33-4)18(3)31-15-17(2)27-16-31)28-25-29-24-22(8-6-7-13-32(24)30-25)19-9-11-20(26)12-10-19/h6-7,9-12,14-16,22H,3,5,8,13H2,1-2,4H3/b23-14+,28-21?. The molecule has 3 heterocycles. The van der Waals surface area contributed by atoms with E-state index in [1.807, 2.05) is 35.4 Å². The molecule has 4 rings (SSSR count). The highest BCUT2D eigenvalue weighted by atomic mass is 19.1. The van der Waals surface area contributed by atoms with Crippen LogP contribution in [0.15, 0.2) is 72.3 Å². The van der Waals surface area contributed by atoms with Crippen LogP contribution in [0.2, 0.25) is 0 Å². The number of nitrogens with zero attached hydrogens (tertiary/aromatic N) is 6. The first-order valence-corrected chi connectivity index (χ1v) is 10.9. The summed E-state index contributed by atoms with van der Waals surface area (Å²) in [4.78, 5) is 13.7. The van der Waals surface area contributed by atoms with E-state index >= 15 is 0 Å². The van der Waals surface area contributed by atoms with Gasteiger partial charge in [-0.3, -0.25) is 0 Å². The Morgan fingerprint density at radius 3 is 2.76 bits per heavy atom. The molecule has 1 aliphatic heterocycles. The number of halogens is 1. The lowest BCUT2D eigenvalue weighted by Crippen LogP contribution is -2.08. The number of rotatable bonds is 7. The smallest absolute Gasteiger partial charge is 0.268 e. The predicted molar refractivity (Wildman–Crippen MR) is 127 cm³/mol. The Labute approximate surface area is 192 Å². The number of allylic oxidation sites excluding steroid dienone is 4. The zero-order chi connectivity index (χ0) is 23.4. The highest BCUT2D eigenvalue weighted by Crippen LogP contribution is 2.30. The Balaban J connectivity index is 1.66. The van der Waals surface area contributed by atoms with Crippen molar-refractivity contribution in [3.63, 3.8) is 0 Å². The molecule has 170 valence electrons. The molecule has 0 saturated heterocycles. The lowest BCUT2D eigenvalue weighted by atomic mass is 9.95. The van der Waals surface area contributed by atoms with Crippen LogP contribution in [0.1, 0.15) is 42.8 Å². The Morgan fingerprint density at radius 2 is 2.09 bits per heavy atom. The molecule has 3 aromatic rings. The average Bonchev–Trinajstić information content (AvgIpc) is 3.38. The Morgan fingerprint density at radius 1 is 1.30 bits per heavy atom. The fraction of sp³-hybridized carbons (Fsp3) is 0.280. The minimum Gasteiger partial charge on any atom is -0.495 e. The molecule has 0 fully saturated rings. The van der Waals surface area contributed by atoms with E-state index in [-0.39, 0.29) is 11.7 Å². The molecule has 2 aromatic heterocycles. The third kappa shape index (κ3) is 5.00. The lowest BCUT2D eigenvalue weighted by molar-refractivity contribution is 0.308. The van der Waals surface area contributed by atoms with Gasteiger partial charge in [0.1, 0.15) is 17.4 Å². The summed E-state index contributed by atoms with van der Waals surface area (Å²) < 4.78 is 22.7. The van der Waals surface area contributed by atoms with Gasteiger partial charge in [0.2, 0.25) is 0 Å². The fourth-order valence-electron chi connectivity index (χ4n) is 3.72. The van der Waals surface area contributed by atoms with Crippen LogP contribution in [-0.4, -0.2) is 37.1 Å². The van der Waals surface area contributed by atoms with Gasteiger partial charge < -0.3 is 9.30 Å². The van der Waals surface area contributed by atoms with Crippen LogP contribution >= 0.6 is 0 Å². The van der Waals surface area contributed by atoms with Crippen molar-refractivity contribution in [3.8, 4) is 0 Å². The molecule has 0 radical (unpaired) electrons. The van der Waals surface area contributed by atoms with E-state index in [0.717, 1.165) is 29.2 Å². The number of aryl methyl sites for hydroxylation is 1. The van der Waals surface area contributed by atoms with Crippen LogP contribution in [0.25, 0.3) is 5.70 Å². The molecular weight excluding hydrogens is 419 g/mol. The Bertz CT molecular complexity index is 1230. The van der Waals surface area contributed by atoms with Crippen LogP contribution in [0.5, 0.6) is 0 Å². The number of methoxy groups -OCH3 is 1. The number of hydrogen-bond acceptors (Lipinski definition) is 5. The molecule has 0 aliphatic carbocycles. The second-order valence-corrected chi connectivity index (χ2v) is 7.80. The molecule has 33 heavy (non-hydrogen) atoms. The highest BCUT2D eigenvalue weighted by molar-refractivity contribution is 5.98. The maximum Gasteiger partial charge on any atom is 0.268 e. The van der Waals surface area contributed by atoms with Gasteiger partial charge in [0.25, 0.3) is 5.95 Å². The summed E-state index contributed by atoms with van der Waals surface area (Å²) in [7, 11) is 1.60. The first-order valence-electron chi connectivity index (χ1n) is 10.9. The minimum atomic E-state index is -0.254. The van der Waals surface area contributed by atoms with Gasteiger partial charge in [-0.2, -0.15) is 4.98 Å². The average molecular weight is 447 g/mol. The first-order chi connectivity index (χ1) is 16.0. The van der Waals surface area contributed by atoms with Crippen molar-refractivity contribution in [1.29, 1.82) is 0 Å². The second-order valence-electron chi connectivity index (χ2n) is 7.80. The fourth-order valence-corrected chi connectivity index (χ4v) is 3.72. The summed E-state index contributed by atoms with van der Waals surface area (Å²) in [5, 5.41) is 4.62.